The van der Waals surface area contributed by atoms with E-state index in [4.69, 9.17) is 14.2 Å². The number of carbonyl (C=O) groups is 2. The van der Waals surface area contributed by atoms with Crippen LogP contribution in [0.25, 0.3) is 0 Å². The molecule has 3 rings (SSSR count). The van der Waals surface area contributed by atoms with E-state index in [9.17, 15) is 9.59 Å². The van der Waals surface area contributed by atoms with Crippen molar-refractivity contribution in [2.45, 2.75) is 59.3 Å². The molecule has 5 nitrogen and oxygen atoms in total. The topological polar surface area (TPSA) is 61.8 Å². The van der Waals surface area contributed by atoms with Gasteiger partial charge in [0.1, 0.15) is 0 Å². The van der Waals surface area contributed by atoms with Gasteiger partial charge >= 0.3 is 11.9 Å². The van der Waals surface area contributed by atoms with Crippen LogP contribution in [0.4, 0.5) is 0 Å². The van der Waals surface area contributed by atoms with Crippen molar-refractivity contribution in [1.82, 2.24) is 0 Å². The number of fused-ring (bicyclic) bond motifs is 2. The summed E-state index contributed by atoms with van der Waals surface area (Å²) in [5, 5.41) is 0. The molecule has 5 heteroatoms. The highest BCUT2D eigenvalue weighted by atomic mass is 16.5. The van der Waals surface area contributed by atoms with Crippen LogP contribution in [-0.2, 0) is 23.8 Å². The fraction of sp³-hybridized carbons (Fsp3) is 0.909. The molecule has 2 saturated carbocycles. The molecular weight excluding hydrogens is 344 g/mol. The minimum absolute atomic E-state index is 0.0750. The Morgan fingerprint density at radius 2 is 1.85 bits per heavy atom. The Balaban J connectivity index is 1.87. The zero-order valence-corrected chi connectivity index (χ0v) is 17.6. The molecule has 154 valence electrons. The van der Waals surface area contributed by atoms with Crippen LogP contribution in [0, 0.1) is 40.4 Å². The van der Waals surface area contributed by atoms with Crippen molar-refractivity contribution in [1.29, 1.82) is 0 Å². The molecule has 1 heterocycles. The largest absolute Gasteiger partial charge is 0.469 e. The van der Waals surface area contributed by atoms with E-state index in [-0.39, 0.29) is 34.6 Å². The maximum atomic E-state index is 12.9. The highest BCUT2D eigenvalue weighted by molar-refractivity contribution is 5.75. The van der Waals surface area contributed by atoms with Gasteiger partial charge in [0.05, 0.1) is 32.7 Å². The first-order chi connectivity index (χ1) is 12.8. The Kier molecular flexibility index (Phi) is 5.90. The lowest BCUT2D eigenvalue weighted by Gasteiger charge is -2.59. The van der Waals surface area contributed by atoms with Crippen LogP contribution < -0.4 is 0 Å². The smallest absolute Gasteiger partial charge is 0.309 e. The quantitative estimate of drug-likeness (QED) is 0.696. The Morgan fingerprint density at radius 1 is 1.11 bits per heavy atom. The van der Waals surface area contributed by atoms with Crippen molar-refractivity contribution in [2.24, 2.45) is 40.4 Å². The summed E-state index contributed by atoms with van der Waals surface area (Å²) in [6.45, 7) is 7.81. The lowest BCUT2D eigenvalue weighted by Crippen LogP contribution is -2.59. The van der Waals surface area contributed by atoms with Crippen molar-refractivity contribution in [2.75, 3.05) is 27.4 Å². The summed E-state index contributed by atoms with van der Waals surface area (Å²) in [5.74, 6) is 0.830. The first kappa shape index (κ1) is 20.6. The van der Waals surface area contributed by atoms with Crippen LogP contribution in [0.1, 0.15) is 59.3 Å². The predicted octanol–water partition coefficient (Wildman–Crippen LogP) is 3.84. The van der Waals surface area contributed by atoms with Crippen molar-refractivity contribution >= 4 is 11.9 Å². The van der Waals surface area contributed by atoms with Crippen LogP contribution in [0.5, 0.6) is 0 Å². The summed E-state index contributed by atoms with van der Waals surface area (Å²) in [7, 11) is 2.98. The molecule has 0 aromatic rings. The van der Waals surface area contributed by atoms with Crippen LogP contribution in [0.3, 0.4) is 0 Å². The number of rotatable bonds is 3. The number of ether oxygens (including phenoxy) is 3. The van der Waals surface area contributed by atoms with Gasteiger partial charge in [-0.3, -0.25) is 9.59 Å². The highest BCUT2D eigenvalue weighted by Gasteiger charge is 2.60. The summed E-state index contributed by atoms with van der Waals surface area (Å²) < 4.78 is 16.4. The van der Waals surface area contributed by atoms with Gasteiger partial charge in [0, 0.05) is 12.0 Å². The second-order valence-corrected chi connectivity index (χ2v) is 9.80. The summed E-state index contributed by atoms with van der Waals surface area (Å²) in [4.78, 5) is 24.9. The van der Waals surface area contributed by atoms with E-state index in [0.29, 0.717) is 24.4 Å². The fourth-order valence-corrected chi connectivity index (χ4v) is 6.75. The van der Waals surface area contributed by atoms with E-state index in [0.717, 1.165) is 45.1 Å². The van der Waals surface area contributed by atoms with Gasteiger partial charge in [-0.05, 0) is 55.3 Å². The molecule has 0 amide bonds. The second kappa shape index (κ2) is 7.73. The SMILES string of the molecule is COC(=O)C(C)[C@@H]1CC[C@@H]2[C@H](COC[C@]23CCCC(C)(C)[C@H]3C(=O)OC)C1. The van der Waals surface area contributed by atoms with Gasteiger partial charge in [-0.25, -0.2) is 0 Å². The lowest BCUT2D eigenvalue weighted by atomic mass is 9.47. The zero-order valence-electron chi connectivity index (χ0n) is 17.6. The zero-order chi connectivity index (χ0) is 19.8. The van der Waals surface area contributed by atoms with Crippen LogP contribution in [0.15, 0.2) is 0 Å². The van der Waals surface area contributed by atoms with Crippen LogP contribution in [0.2, 0.25) is 0 Å². The number of hydrogen-bond acceptors (Lipinski definition) is 5. The van der Waals surface area contributed by atoms with E-state index in [1.54, 1.807) is 0 Å². The fourth-order valence-electron chi connectivity index (χ4n) is 6.75. The Bertz CT molecular complexity index is 567. The maximum absolute atomic E-state index is 12.9. The molecule has 1 spiro atoms. The Morgan fingerprint density at radius 3 is 2.52 bits per heavy atom. The van der Waals surface area contributed by atoms with Gasteiger partial charge in [-0.15, -0.1) is 0 Å². The second-order valence-electron chi connectivity index (χ2n) is 9.80. The molecule has 2 aliphatic carbocycles. The van der Waals surface area contributed by atoms with E-state index < -0.39 is 0 Å². The molecule has 6 atom stereocenters. The Hall–Kier alpha value is -1.10. The number of esters is 2. The molecule has 0 bridgehead atoms. The molecule has 0 radical (unpaired) electrons. The summed E-state index contributed by atoms with van der Waals surface area (Å²) in [6, 6.07) is 0. The third-order valence-electron chi connectivity index (χ3n) is 8.00. The third-order valence-corrected chi connectivity index (χ3v) is 8.00. The summed E-state index contributed by atoms with van der Waals surface area (Å²) in [5.41, 5.74) is -0.204. The lowest BCUT2D eigenvalue weighted by molar-refractivity contribution is -0.200. The summed E-state index contributed by atoms with van der Waals surface area (Å²) in [6.07, 6.45) is 6.28. The van der Waals surface area contributed by atoms with Crippen molar-refractivity contribution < 1.29 is 23.8 Å². The summed E-state index contributed by atoms with van der Waals surface area (Å²) >= 11 is 0. The molecule has 3 aliphatic rings. The molecule has 1 aliphatic heterocycles. The monoisotopic (exact) mass is 380 g/mol. The highest BCUT2D eigenvalue weighted by Crippen LogP contribution is 2.61. The minimum atomic E-state index is -0.128. The van der Waals surface area contributed by atoms with Gasteiger partial charge in [-0.2, -0.15) is 0 Å². The molecule has 1 unspecified atom stereocenters. The normalized spacial score (nSPS) is 39.3. The number of hydrogen-bond donors (Lipinski definition) is 0. The van der Waals surface area contributed by atoms with Crippen molar-refractivity contribution in [3.8, 4) is 0 Å². The van der Waals surface area contributed by atoms with Gasteiger partial charge in [0.2, 0.25) is 0 Å². The molecule has 27 heavy (non-hydrogen) atoms. The minimum Gasteiger partial charge on any atom is -0.469 e. The third kappa shape index (κ3) is 3.52. The van der Waals surface area contributed by atoms with Crippen LogP contribution in [-0.4, -0.2) is 39.4 Å². The van der Waals surface area contributed by atoms with Gasteiger partial charge < -0.3 is 14.2 Å². The van der Waals surface area contributed by atoms with E-state index >= 15 is 0 Å². The van der Waals surface area contributed by atoms with Gasteiger partial charge in [0.25, 0.3) is 0 Å². The van der Waals surface area contributed by atoms with Gasteiger partial charge in [0.15, 0.2) is 0 Å². The molecule has 0 aromatic carbocycles. The molecular formula is C22H36O5. The first-order valence-electron chi connectivity index (χ1n) is 10.5. The molecule has 1 saturated heterocycles. The molecule has 0 aromatic heterocycles. The first-order valence-corrected chi connectivity index (χ1v) is 10.5. The van der Waals surface area contributed by atoms with Crippen LogP contribution >= 0.6 is 0 Å². The standard InChI is InChI=1S/C22H36O5/c1-14(19(23)25-4)15-7-8-17-16(11-15)12-27-13-22(17)10-6-9-21(2,3)18(22)20(24)26-5/h14-18H,6-13H2,1-5H3/t14?,15-,16+,17-,18-,22-/m1/s1. The Labute approximate surface area is 163 Å². The molecule has 0 N–H and O–H groups in total. The van der Waals surface area contributed by atoms with Crippen molar-refractivity contribution in [3.05, 3.63) is 0 Å². The van der Waals surface area contributed by atoms with E-state index in [1.165, 1.54) is 14.2 Å². The predicted molar refractivity (Wildman–Crippen MR) is 102 cm³/mol. The number of methoxy groups -OCH3 is 2. The van der Waals surface area contributed by atoms with E-state index in [2.05, 4.69) is 13.8 Å². The maximum Gasteiger partial charge on any atom is 0.309 e. The molecule has 3 fully saturated rings. The van der Waals surface area contributed by atoms with E-state index in [1.807, 2.05) is 6.92 Å². The average Bonchev–Trinajstić information content (AvgIpc) is 2.65. The average molecular weight is 381 g/mol. The van der Waals surface area contributed by atoms with Crippen molar-refractivity contribution in [3.63, 3.8) is 0 Å². The number of carbonyl (C=O) groups excluding carboxylic acids is 2. The van der Waals surface area contributed by atoms with Gasteiger partial charge in [-0.1, -0.05) is 27.2 Å².